The number of hydrogen-bond acceptors (Lipinski definition) is 4. The zero-order valence-electron chi connectivity index (χ0n) is 14.4. The molecule has 25 heavy (non-hydrogen) atoms. The Balaban J connectivity index is 1.24. The number of amides is 1. The lowest BCUT2D eigenvalue weighted by Crippen LogP contribution is -2.48. The molecule has 0 spiro atoms. The minimum absolute atomic E-state index is 0.227. The van der Waals surface area contributed by atoms with Crippen LogP contribution in [-0.2, 0) is 24.3 Å². The van der Waals surface area contributed by atoms with E-state index in [0.29, 0.717) is 13.0 Å². The second-order valence-corrected chi connectivity index (χ2v) is 6.72. The van der Waals surface area contributed by atoms with Gasteiger partial charge >= 0.3 is 0 Å². The Morgan fingerprint density at radius 1 is 1.20 bits per heavy atom. The number of rotatable bonds is 5. The molecule has 0 aliphatic carbocycles. The van der Waals surface area contributed by atoms with Gasteiger partial charge in [-0.3, -0.25) is 14.4 Å². The van der Waals surface area contributed by atoms with Crippen molar-refractivity contribution in [3.8, 4) is 5.75 Å². The highest BCUT2D eigenvalue weighted by Crippen LogP contribution is 2.26. The first kappa shape index (κ1) is 16.1. The molecule has 2 aliphatic heterocycles. The summed E-state index contributed by atoms with van der Waals surface area (Å²) in [5.74, 6) is 1.26. The average Bonchev–Trinajstić information content (AvgIpc) is 3.31. The molecule has 0 radical (unpaired) electrons. The van der Waals surface area contributed by atoms with Crippen molar-refractivity contribution in [3.63, 3.8) is 0 Å². The number of fused-ring (bicyclic) bond motifs is 1. The third kappa shape index (κ3) is 3.85. The minimum atomic E-state index is 0.227. The van der Waals surface area contributed by atoms with Gasteiger partial charge in [-0.05, 0) is 23.3 Å². The van der Waals surface area contributed by atoms with Crippen LogP contribution >= 0.6 is 0 Å². The van der Waals surface area contributed by atoms with Gasteiger partial charge in [0.25, 0.3) is 0 Å². The van der Waals surface area contributed by atoms with Crippen molar-refractivity contribution in [2.24, 2.45) is 0 Å². The number of ether oxygens (including phenoxy) is 1. The van der Waals surface area contributed by atoms with Crippen LogP contribution in [0.2, 0.25) is 0 Å². The molecule has 0 unspecified atom stereocenters. The molecule has 1 aromatic heterocycles. The van der Waals surface area contributed by atoms with Gasteiger partial charge in [0, 0.05) is 64.5 Å². The molecule has 0 N–H and O–H groups in total. The number of benzene rings is 1. The molecule has 2 aliphatic rings. The summed E-state index contributed by atoms with van der Waals surface area (Å²) < 4.78 is 7.38. The van der Waals surface area contributed by atoms with Gasteiger partial charge < -0.3 is 9.64 Å². The molecular formula is C19H24N4O2. The van der Waals surface area contributed by atoms with Crippen molar-refractivity contribution in [1.29, 1.82) is 0 Å². The number of aromatic nitrogens is 2. The van der Waals surface area contributed by atoms with Gasteiger partial charge in [0.05, 0.1) is 6.61 Å². The molecular weight excluding hydrogens is 316 g/mol. The van der Waals surface area contributed by atoms with E-state index >= 15 is 0 Å². The fourth-order valence-corrected chi connectivity index (χ4v) is 3.55. The van der Waals surface area contributed by atoms with Gasteiger partial charge in [-0.1, -0.05) is 12.1 Å². The third-order valence-electron chi connectivity index (χ3n) is 5.00. The molecule has 1 amide bonds. The lowest BCUT2D eigenvalue weighted by atomic mass is 10.1. The molecule has 1 aromatic carbocycles. The van der Waals surface area contributed by atoms with Crippen molar-refractivity contribution in [1.82, 2.24) is 19.6 Å². The van der Waals surface area contributed by atoms with Crippen LogP contribution < -0.4 is 4.74 Å². The first-order valence-corrected chi connectivity index (χ1v) is 9.00. The fraction of sp³-hybridized carbons (Fsp3) is 0.474. The summed E-state index contributed by atoms with van der Waals surface area (Å²) in [5, 5.41) is 4.15. The normalized spacial score (nSPS) is 17.4. The van der Waals surface area contributed by atoms with Crippen LogP contribution in [0.3, 0.4) is 0 Å². The molecule has 132 valence electrons. The van der Waals surface area contributed by atoms with E-state index in [0.717, 1.165) is 51.5 Å². The number of aryl methyl sites for hydroxylation is 1. The molecule has 0 atom stereocenters. The Kier molecular flexibility index (Phi) is 4.70. The van der Waals surface area contributed by atoms with E-state index in [-0.39, 0.29) is 5.91 Å². The summed E-state index contributed by atoms with van der Waals surface area (Å²) in [6, 6.07) is 8.40. The molecule has 4 rings (SSSR count). The van der Waals surface area contributed by atoms with Crippen LogP contribution in [0.1, 0.15) is 17.5 Å². The maximum atomic E-state index is 12.3. The molecule has 6 nitrogen and oxygen atoms in total. The van der Waals surface area contributed by atoms with E-state index in [1.807, 2.05) is 21.8 Å². The first-order valence-electron chi connectivity index (χ1n) is 9.00. The molecule has 1 fully saturated rings. The van der Waals surface area contributed by atoms with Crippen molar-refractivity contribution in [3.05, 3.63) is 47.8 Å². The van der Waals surface area contributed by atoms with Gasteiger partial charge in [0.15, 0.2) is 0 Å². The molecule has 0 saturated carbocycles. The van der Waals surface area contributed by atoms with Gasteiger partial charge in [0.1, 0.15) is 5.75 Å². The zero-order valence-corrected chi connectivity index (χ0v) is 14.4. The number of carbonyl (C=O) groups excluding carboxylic acids is 1. The predicted octanol–water partition coefficient (Wildman–Crippen LogP) is 1.55. The number of nitrogens with zero attached hydrogens (tertiary/aromatic N) is 4. The summed E-state index contributed by atoms with van der Waals surface area (Å²) in [6.07, 6.45) is 5.18. The Bertz CT molecular complexity index is 721. The Morgan fingerprint density at radius 2 is 2.08 bits per heavy atom. The van der Waals surface area contributed by atoms with Gasteiger partial charge in [-0.15, -0.1) is 0 Å². The number of carbonyl (C=O) groups is 1. The smallest absolute Gasteiger partial charge is 0.224 e. The Labute approximate surface area is 148 Å². The van der Waals surface area contributed by atoms with Crippen molar-refractivity contribution in [2.45, 2.75) is 25.9 Å². The van der Waals surface area contributed by atoms with Crippen molar-refractivity contribution < 1.29 is 9.53 Å². The zero-order chi connectivity index (χ0) is 17.1. The second kappa shape index (κ2) is 7.27. The van der Waals surface area contributed by atoms with E-state index in [1.54, 1.807) is 6.20 Å². The topological polar surface area (TPSA) is 50.6 Å². The molecule has 3 heterocycles. The summed E-state index contributed by atoms with van der Waals surface area (Å²) in [6.45, 7) is 5.89. The average molecular weight is 340 g/mol. The summed E-state index contributed by atoms with van der Waals surface area (Å²) >= 11 is 0. The largest absolute Gasteiger partial charge is 0.493 e. The quantitative estimate of drug-likeness (QED) is 0.829. The molecule has 2 aromatic rings. The highest BCUT2D eigenvalue weighted by molar-refractivity contribution is 5.76. The minimum Gasteiger partial charge on any atom is -0.493 e. The Hall–Kier alpha value is -2.34. The SMILES string of the molecule is O=C(CCn1cccn1)N1CCN(Cc2ccc3c(c2)CCO3)CC1. The molecule has 0 bridgehead atoms. The number of piperazine rings is 1. The predicted molar refractivity (Wildman–Crippen MR) is 94.3 cm³/mol. The summed E-state index contributed by atoms with van der Waals surface area (Å²) in [7, 11) is 0. The van der Waals surface area contributed by atoms with E-state index < -0.39 is 0 Å². The third-order valence-corrected chi connectivity index (χ3v) is 5.00. The van der Waals surface area contributed by atoms with Crippen LogP contribution in [-0.4, -0.2) is 58.3 Å². The lowest BCUT2D eigenvalue weighted by Gasteiger charge is -2.35. The van der Waals surface area contributed by atoms with Gasteiger partial charge in [-0.25, -0.2) is 0 Å². The first-order chi connectivity index (χ1) is 12.3. The Morgan fingerprint density at radius 3 is 2.88 bits per heavy atom. The van der Waals surface area contributed by atoms with Gasteiger partial charge in [-0.2, -0.15) is 5.10 Å². The maximum Gasteiger partial charge on any atom is 0.224 e. The van der Waals surface area contributed by atoms with Crippen molar-refractivity contribution >= 4 is 5.91 Å². The van der Waals surface area contributed by atoms with Crippen LogP contribution in [0.4, 0.5) is 0 Å². The highest BCUT2D eigenvalue weighted by atomic mass is 16.5. The highest BCUT2D eigenvalue weighted by Gasteiger charge is 2.21. The summed E-state index contributed by atoms with van der Waals surface area (Å²) in [5.41, 5.74) is 2.66. The fourth-order valence-electron chi connectivity index (χ4n) is 3.55. The monoisotopic (exact) mass is 340 g/mol. The van der Waals surface area contributed by atoms with E-state index in [4.69, 9.17) is 4.74 Å². The van der Waals surface area contributed by atoms with Crippen LogP contribution in [0.25, 0.3) is 0 Å². The lowest BCUT2D eigenvalue weighted by molar-refractivity contribution is -0.133. The van der Waals surface area contributed by atoms with E-state index in [2.05, 4.69) is 28.2 Å². The molecule has 6 heteroatoms. The van der Waals surface area contributed by atoms with Crippen molar-refractivity contribution in [2.75, 3.05) is 32.8 Å². The van der Waals surface area contributed by atoms with E-state index in [1.165, 1.54) is 11.1 Å². The van der Waals surface area contributed by atoms with Crippen LogP contribution in [0.5, 0.6) is 5.75 Å². The summed E-state index contributed by atoms with van der Waals surface area (Å²) in [4.78, 5) is 16.7. The maximum absolute atomic E-state index is 12.3. The van der Waals surface area contributed by atoms with Crippen LogP contribution in [0, 0.1) is 0 Å². The van der Waals surface area contributed by atoms with Gasteiger partial charge in [0.2, 0.25) is 5.91 Å². The van der Waals surface area contributed by atoms with E-state index in [9.17, 15) is 4.79 Å². The number of hydrogen-bond donors (Lipinski definition) is 0. The standard InChI is InChI=1S/C19H24N4O2/c24-19(4-8-23-7-1-6-20-23)22-11-9-21(10-12-22)15-16-2-3-18-17(14-16)5-13-25-18/h1-3,6-7,14H,4-5,8-13,15H2. The van der Waals surface area contributed by atoms with Crippen LogP contribution in [0.15, 0.2) is 36.7 Å². The molecule has 1 saturated heterocycles. The second-order valence-electron chi connectivity index (χ2n) is 6.72.